The Morgan fingerprint density at radius 2 is 1.80 bits per heavy atom. The molecule has 0 aliphatic carbocycles. The lowest BCUT2D eigenvalue weighted by atomic mass is 10.2. The van der Waals surface area contributed by atoms with Crippen molar-refractivity contribution in [3.8, 4) is 23.1 Å². The summed E-state index contributed by atoms with van der Waals surface area (Å²) in [5, 5.41) is 13.3. The van der Waals surface area contributed by atoms with Gasteiger partial charge < -0.3 is 0 Å². The van der Waals surface area contributed by atoms with Gasteiger partial charge in [0.2, 0.25) is 0 Å². The Bertz CT molecular complexity index is 761. The van der Waals surface area contributed by atoms with Crippen molar-refractivity contribution in [1.82, 2.24) is 14.8 Å². The van der Waals surface area contributed by atoms with Gasteiger partial charge >= 0.3 is 0 Å². The van der Waals surface area contributed by atoms with Crippen molar-refractivity contribution < 1.29 is 0 Å². The Hall–Kier alpha value is -2.93. The molecule has 0 saturated heterocycles. The van der Waals surface area contributed by atoms with E-state index in [4.69, 9.17) is 5.26 Å². The molecule has 2 aromatic heterocycles. The van der Waals surface area contributed by atoms with Crippen molar-refractivity contribution in [2.24, 2.45) is 0 Å². The van der Waals surface area contributed by atoms with Gasteiger partial charge in [0.05, 0.1) is 16.9 Å². The second kappa shape index (κ2) is 4.98. The van der Waals surface area contributed by atoms with Gasteiger partial charge in [-0.15, -0.1) is 0 Å². The van der Waals surface area contributed by atoms with Crippen LogP contribution in [0.2, 0.25) is 0 Å². The SMILES string of the molecule is Cc1ccc(-n2ccc(-c3ccc(C#N)cn3)n2)cc1. The van der Waals surface area contributed by atoms with Crippen LogP contribution < -0.4 is 0 Å². The molecule has 1 aromatic carbocycles. The normalized spacial score (nSPS) is 10.2. The lowest BCUT2D eigenvalue weighted by Crippen LogP contribution is -1.95. The number of hydrogen-bond acceptors (Lipinski definition) is 3. The summed E-state index contributed by atoms with van der Waals surface area (Å²) in [6.45, 7) is 2.05. The molecule has 0 unspecified atom stereocenters. The molecule has 4 nitrogen and oxygen atoms in total. The summed E-state index contributed by atoms with van der Waals surface area (Å²) in [6, 6.07) is 15.7. The summed E-state index contributed by atoms with van der Waals surface area (Å²) in [5.41, 5.74) is 4.32. The molecule has 3 rings (SSSR count). The van der Waals surface area contributed by atoms with E-state index in [-0.39, 0.29) is 0 Å². The summed E-state index contributed by atoms with van der Waals surface area (Å²) in [7, 11) is 0. The first-order chi connectivity index (χ1) is 9.76. The smallest absolute Gasteiger partial charge is 0.111 e. The quantitative estimate of drug-likeness (QED) is 0.711. The highest BCUT2D eigenvalue weighted by atomic mass is 15.3. The van der Waals surface area contributed by atoms with Crippen LogP contribution in [0.15, 0.2) is 54.9 Å². The number of rotatable bonds is 2. The number of pyridine rings is 1. The van der Waals surface area contributed by atoms with Crippen LogP contribution in [0.1, 0.15) is 11.1 Å². The van der Waals surface area contributed by atoms with E-state index >= 15 is 0 Å². The highest BCUT2D eigenvalue weighted by molar-refractivity contribution is 5.54. The second-order valence-corrected chi connectivity index (χ2v) is 4.53. The third-order valence-electron chi connectivity index (χ3n) is 3.04. The third kappa shape index (κ3) is 2.29. The standard InChI is InChI=1S/C16H12N4/c1-12-2-5-14(6-3-12)20-9-8-16(19-20)15-7-4-13(10-17)11-18-15/h2-9,11H,1H3. The van der Waals surface area contributed by atoms with Crippen LogP contribution in [0.3, 0.4) is 0 Å². The van der Waals surface area contributed by atoms with Gasteiger partial charge in [0.1, 0.15) is 11.8 Å². The molecule has 2 heterocycles. The molecule has 0 N–H and O–H groups in total. The van der Waals surface area contributed by atoms with Crippen LogP contribution in [0.4, 0.5) is 0 Å². The minimum atomic E-state index is 0.548. The maximum absolute atomic E-state index is 8.76. The van der Waals surface area contributed by atoms with Crippen molar-refractivity contribution in [3.63, 3.8) is 0 Å². The van der Waals surface area contributed by atoms with Gasteiger partial charge in [-0.2, -0.15) is 10.4 Å². The predicted molar refractivity (Wildman–Crippen MR) is 76.2 cm³/mol. The Kier molecular flexibility index (Phi) is 3.02. The topological polar surface area (TPSA) is 54.5 Å². The van der Waals surface area contributed by atoms with Crippen LogP contribution in [0.25, 0.3) is 17.1 Å². The Morgan fingerprint density at radius 1 is 1.00 bits per heavy atom. The van der Waals surface area contributed by atoms with E-state index in [9.17, 15) is 0 Å². The zero-order valence-corrected chi connectivity index (χ0v) is 11.0. The highest BCUT2D eigenvalue weighted by Crippen LogP contribution is 2.16. The average Bonchev–Trinajstić information content (AvgIpc) is 2.98. The maximum Gasteiger partial charge on any atom is 0.111 e. The maximum atomic E-state index is 8.76. The van der Waals surface area contributed by atoms with Crippen LogP contribution >= 0.6 is 0 Å². The van der Waals surface area contributed by atoms with Gasteiger partial charge in [0, 0.05) is 12.4 Å². The van der Waals surface area contributed by atoms with Crippen LogP contribution in [0.5, 0.6) is 0 Å². The molecule has 4 heteroatoms. The fraction of sp³-hybridized carbons (Fsp3) is 0.0625. The van der Waals surface area contributed by atoms with E-state index in [1.807, 2.05) is 29.1 Å². The van der Waals surface area contributed by atoms with Crippen LogP contribution in [-0.4, -0.2) is 14.8 Å². The van der Waals surface area contributed by atoms with Crippen molar-refractivity contribution in [2.75, 3.05) is 0 Å². The molecule has 0 aliphatic heterocycles. The van der Waals surface area contributed by atoms with E-state index in [1.54, 1.807) is 18.3 Å². The number of benzene rings is 1. The summed E-state index contributed by atoms with van der Waals surface area (Å²) in [6.07, 6.45) is 3.46. The van der Waals surface area contributed by atoms with Crippen LogP contribution in [-0.2, 0) is 0 Å². The zero-order valence-electron chi connectivity index (χ0n) is 11.0. The Labute approximate surface area is 116 Å². The van der Waals surface area contributed by atoms with E-state index in [0.717, 1.165) is 17.1 Å². The monoisotopic (exact) mass is 260 g/mol. The minimum Gasteiger partial charge on any atom is -0.253 e. The number of nitriles is 1. The first-order valence-corrected chi connectivity index (χ1v) is 6.25. The van der Waals surface area contributed by atoms with E-state index < -0.39 is 0 Å². The van der Waals surface area contributed by atoms with Crippen molar-refractivity contribution in [3.05, 3.63) is 66.0 Å². The predicted octanol–water partition coefficient (Wildman–Crippen LogP) is 3.11. The fourth-order valence-corrected chi connectivity index (χ4v) is 1.91. The Morgan fingerprint density at radius 3 is 2.45 bits per heavy atom. The number of aryl methyl sites for hydroxylation is 1. The first kappa shape index (κ1) is 12.1. The summed E-state index contributed by atoms with van der Waals surface area (Å²) in [4.78, 5) is 4.24. The van der Waals surface area contributed by atoms with Crippen molar-refractivity contribution in [2.45, 2.75) is 6.92 Å². The van der Waals surface area contributed by atoms with E-state index in [0.29, 0.717) is 5.56 Å². The van der Waals surface area contributed by atoms with Gasteiger partial charge in [-0.1, -0.05) is 17.7 Å². The van der Waals surface area contributed by atoms with E-state index in [2.05, 4.69) is 35.2 Å². The number of aromatic nitrogens is 3. The molecule has 3 aromatic rings. The molecular weight excluding hydrogens is 248 g/mol. The summed E-state index contributed by atoms with van der Waals surface area (Å²) in [5.74, 6) is 0. The highest BCUT2D eigenvalue weighted by Gasteiger charge is 2.05. The summed E-state index contributed by atoms with van der Waals surface area (Å²) < 4.78 is 1.81. The van der Waals surface area contributed by atoms with E-state index in [1.165, 1.54) is 5.56 Å². The van der Waals surface area contributed by atoms with Crippen molar-refractivity contribution in [1.29, 1.82) is 5.26 Å². The molecule has 0 saturated carbocycles. The van der Waals surface area contributed by atoms with Gasteiger partial charge in [0.15, 0.2) is 0 Å². The third-order valence-corrected chi connectivity index (χ3v) is 3.04. The largest absolute Gasteiger partial charge is 0.253 e. The lowest BCUT2D eigenvalue weighted by Gasteiger charge is -2.01. The molecule has 0 radical (unpaired) electrons. The molecule has 0 spiro atoms. The van der Waals surface area contributed by atoms with Gasteiger partial charge in [-0.05, 0) is 37.3 Å². The number of nitrogens with zero attached hydrogens (tertiary/aromatic N) is 4. The molecule has 20 heavy (non-hydrogen) atoms. The van der Waals surface area contributed by atoms with Gasteiger partial charge in [0.25, 0.3) is 0 Å². The lowest BCUT2D eigenvalue weighted by molar-refractivity contribution is 0.882. The average molecular weight is 260 g/mol. The Balaban J connectivity index is 1.93. The van der Waals surface area contributed by atoms with Gasteiger partial charge in [-0.25, -0.2) is 4.68 Å². The molecule has 0 fully saturated rings. The molecule has 0 aliphatic rings. The molecule has 0 bridgehead atoms. The molecule has 0 amide bonds. The number of hydrogen-bond donors (Lipinski definition) is 0. The second-order valence-electron chi connectivity index (χ2n) is 4.53. The molecule has 0 atom stereocenters. The minimum absolute atomic E-state index is 0.548. The summed E-state index contributed by atoms with van der Waals surface area (Å²) >= 11 is 0. The molecule has 96 valence electrons. The first-order valence-electron chi connectivity index (χ1n) is 6.25. The fourth-order valence-electron chi connectivity index (χ4n) is 1.91. The molecular formula is C16H12N4. The van der Waals surface area contributed by atoms with Crippen molar-refractivity contribution >= 4 is 0 Å². The van der Waals surface area contributed by atoms with Gasteiger partial charge in [-0.3, -0.25) is 4.98 Å². The van der Waals surface area contributed by atoms with Crippen LogP contribution in [0, 0.1) is 18.3 Å². The zero-order chi connectivity index (χ0) is 13.9.